The van der Waals surface area contributed by atoms with Gasteiger partial charge in [0.05, 0.1) is 0 Å². The maximum Gasteiger partial charge on any atom is -0.00462 e. The van der Waals surface area contributed by atoms with Crippen LogP contribution in [-0.4, -0.2) is 6.54 Å². The van der Waals surface area contributed by atoms with Gasteiger partial charge in [0.15, 0.2) is 0 Å². The van der Waals surface area contributed by atoms with Gasteiger partial charge in [0.1, 0.15) is 0 Å². The Bertz CT molecular complexity index is 281. The van der Waals surface area contributed by atoms with Gasteiger partial charge in [0.2, 0.25) is 0 Å². The first-order valence-electron chi connectivity index (χ1n) is 6.61. The molecule has 0 aromatic carbocycles. The van der Waals surface area contributed by atoms with E-state index in [0.717, 1.165) is 18.4 Å². The van der Waals surface area contributed by atoms with Crippen LogP contribution in [0.25, 0.3) is 0 Å². The smallest absolute Gasteiger partial charge is 0.00462 e. The Morgan fingerprint density at radius 3 is 2.69 bits per heavy atom. The lowest BCUT2D eigenvalue weighted by Crippen LogP contribution is -2.23. The molecular weight excluding hydrogens is 214 g/mol. The van der Waals surface area contributed by atoms with Gasteiger partial charge in [-0.05, 0) is 60.0 Å². The van der Waals surface area contributed by atoms with Crippen molar-refractivity contribution in [1.29, 1.82) is 0 Å². The van der Waals surface area contributed by atoms with Crippen LogP contribution in [0.4, 0.5) is 0 Å². The van der Waals surface area contributed by atoms with Crippen molar-refractivity contribution < 1.29 is 0 Å². The van der Waals surface area contributed by atoms with Crippen LogP contribution < -0.4 is 5.73 Å². The molecule has 1 nitrogen and oxygen atoms in total. The summed E-state index contributed by atoms with van der Waals surface area (Å²) in [5, 5.41) is 4.47. The zero-order valence-corrected chi connectivity index (χ0v) is 10.8. The van der Waals surface area contributed by atoms with E-state index in [1.807, 2.05) is 11.3 Å². The normalized spacial score (nSPS) is 26.6. The molecule has 0 aliphatic heterocycles. The average Bonchev–Trinajstić information content (AvgIpc) is 2.71. The highest BCUT2D eigenvalue weighted by atomic mass is 32.1. The Morgan fingerprint density at radius 2 is 2.00 bits per heavy atom. The predicted octanol–water partition coefficient (Wildman–Crippen LogP) is 3.84. The second-order valence-corrected chi connectivity index (χ2v) is 5.84. The third-order valence-electron chi connectivity index (χ3n) is 4.00. The van der Waals surface area contributed by atoms with Gasteiger partial charge in [0.25, 0.3) is 0 Å². The number of hydrogen-bond donors (Lipinski definition) is 1. The molecule has 2 N–H and O–H groups in total. The molecule has 16 heavy (non-hydrogen) atoms. The number of hydrogen-bond acceptors (Lipinski definition) is 2. The second kappa shape index (κ2) is 6.41. The Kier molecular flexibility index (Phi) is 4.86. The zero-order chi connectivity index (χ0) is 11.2. The topological polar surface area (TPSA) is 26.0 Å². The van der Waals surface area contributed by atoms with E-state index in [9.17, 15) is 0 Å². The van der Waals surface area contributed by atoms with Crippen LogP contribution in [0, 0.1) is 11.8 Å². The summed E-state index contributed by atoms with van der Waals surface area (Å²) in [7, 11) is 0. The van der Waals surface area contributed by atoms with Crippen LogP contribution in [0.15, 0.2) is 16.8 Å². The van der Waals surface area contributed by atoms with Crippen molar-refractivity contribution in [2.45, 2.75) is 44.9 Å². The molecule has 1 aromatic heterocycles. The van der Waals surface area contributed by atoms with Crippen molar-refractivity contribution in [2.75, 3.05) is 6.54 Å². The van der Waals surface area contributed by atoms with Gasteiger partial charge in [-0.2, -0.15) is 11.3 Å². The van der Waals surface area contributed by atoms with Gasteiger partial charge < -0.3 is 5.73 Å². The van der Waals surface area contributed by atoms with E-state index in [-0.39, 0.29) is 0 Å². The first-order valence-corrected chi connectivity index (χ1v) is 7.55. The van der Waals surface area contributed by atoms with Crippen LogP contribution in [0.1, 0.15) is 44.1 Å². The SMILES string of the molecule is NCC1CCCCCC1CCc1ccsc1. The molecule has 1 aliphatic rings. The maximum absolute atomic E-state index is 5.91. The molecule has 2 atom stereocenters. The summed E-state index contributed by atoms with van der Waals surface area (Å²) >= 11 is 1.81. The van der Waals surface area contributed by atoms with Crippen molar-refractivity contribution in [1.82, 2.24) is 0 Å². The maximum atomic E-state index is 5.91. The quantitative estimate of drug-likeness (QED) is 0.791. The van der Waals surface area contributed by atoms with Gasteiger partial charge in [-0.1, -0.05) is 25.7 Å². The molecule has 0 radical (unpaired) electrons. The Balaban J connectivity index is 1.85. The molecular formula is C14H23NS. The number of thiophene rings is 1. The molecule has 0 amide bonds. The molecule has 1 aliphatic carbocycles. The number of rotatable bonds is 4. The summed E-state index contributed by atoms with van der Waals surface area (Å²) in [5.41, 5.74) is 7.43. The Labute approximate surface area is 103 Å². The van der Waals surface area contributed by atoms with Crippen LogP contribution in [0.2, 0.25) is 0 Å². The number of aryl methyl sites for hydroxylation is 1. The molecule has 0 saturated heterocycles. The van der Waals surface area contributed by atoms with Crippen molar-refractivity contribution in [3.8, 4) is 0 Å². The molecule has 1 saturated carbocycles. The second-order valence-electron chi connectivity index (χ2n) is 5.06. The molecule has 1 heterocycles. The van der Waals surface area contributed by atoms with Gasteiger partial charge in [-0.25, -0.2) is 0 Å². The minimum Gasteiger partial charge on any atom is -0.330 e. The van der Waals surface area contributed by atoms with Crippen molar-refractivity contribution >= 4 is 11.3 Å². The predicted molar refractivity (Wildman–Crippen MR) is 71.8 cm³/mol. The first kappa shape index (κ1) is 12.1. The van der Waals surface area contributed by atoms with Gasteiger partial charge in [-0.15, -0.1) is 0 Å². The molecule has 2 unspecified atom stereocenters. The lowest BCUT2D eigenvalue weighted by atomic mass is 9.84. The minimum absolute atomic E-state index is 0.793. The number of nitrogens with two attached hydrogens (primary N) is 1. The van der Waals surface area contributed by atoms with E-state index < -0.39 is 0 Å². The molecule has 1 fully saturated rings. The fourth-order valence-electron chi connectivity index (χ4n) is 2.94. The standard InChI is InChI=1S/C14H23NS/c15-10-14-5-3-1-2-4-13(14)7-6-12-8-9-16-11-12/h8-9,11,13-14H,1-7,10,15H2. The van der Waals surface area contributed by atoms with Crippen LogP contribution in [0.5, 0.6) is 0 Å². The van der Waals surface area contributed by atoms with Crippen molar-refractivity contribution in [3.63, 3.8) is 0 Å². The largest absolute Gasteiger partial charge is 0.330 e. The van der Waals surface area contributed by atoms with E-state index in [2.05, 4.69) is 16.8 Å². The molecule has 2 rings (SSSR count). The van der Waals surface area contributed by atoms with Gasteiger partial charge >= 0.3 is 0 Å². The molecule has 0 bridgehead atoms. The van der Waals surface area contributed by atoms with E-state index >= 15 is 0 Å². The van der Waals surface area contributed by atoms with Crippen molar-refractivity contribution in [3.05, 3.63) is 22.4 Å². The van der Waals surface area contributed by atoms with Crippen LogP contribution in [-0.2, 0) is 6.42 Å². The highest BCUT2D eigenvalue weighted by molar-refractivity contribution is 7.07. The van der Waals surface area contributed by atoms with Crippen molar-refractivity contribution in [2.24, 2.45) is 17.6 Å². The zero-order valence-electron chi connectivity index (χ0n) is 10.0. The summed E-state index contributed by atoms with van der Waals surface area (Å²) in [6, 6.07) is 2.26. The lowest BCUT2D eigenvalue weighted by molar-refractivity contribution is 0.302. The fraction of sp³-hybridized carbons (Fsp3) is 0.714. The lowest BCUT2D eigenvalue weighted by Gasteiger charge is -2.23. The highest BCUT2D eigenvalue weighted by Crippen LogP contribution is 2.31. The molecule has 2 heteroatoms. The Hall–Kier alpha value is -0.340. The Morgan fingerprint density at radius 1 is 1.19 bits per heavy atom. The fourth-order valence-corrected chi connectivity index (χ4v) is 3.64. The first-order chi connectivity index (χ1) is 7.90. The van der Waals surface area contributed by atoms with E-state index in [4.69, 9.17) is 5.73 Å². The van der Waals surface area contributed by atoms with Crippen LogP contribution in [0.3, 0.4) is 0 Å². The van der Waals surface area contributed by atoms with Gasteiger partial charge in [-0.3, -0.25) is 0 Å². The summed E-state index contributed by atoms with van der Waals surface area (Å²) in [5.74, 6) is 1.67. The van der Waals surface area contributed by atoms with E-state index in [0.29, 0.717) is 0 Å². The summed E-state index contributed by atoms with van der Waals surface area (Å²) in [4.78, 5) is 0. The third-order valence-corrected chi connectivity index (χ3v) is 4.74. The summed E-state index contributed by atoms with van der Waals surface area (Å²) in [6.45, 7) is 0.897. The molecule has 1 aromatic rings. The van der Waals surface area contributed by atoms with Crippen LogP contribution >= 0.6 is 11.3 Å². The summed E-state index contributed by atoms with van der Waals surface area (Å²) < 4.78 is 0. The molecule has 0 spiro atoms. The summed E-state index contributed by atoms with van der Waals surface area (Å²) in [6.07, 6.45) is 9.62. The third kappa shape index (κ3) is 3.33. The van der Waals surface area contributed by atoms with E-state index in [1.165, 1.54) is 50.5 Å². The average molecular weight is 237 g/mol. The minimum atomic E-state index is 0.793. The monoisotopic (exact) mass is 237 g/mol. The highest BCUT2D eigenvalue weighted by Gasteiger charge is 2.22. The molecule has 90 valence electrons. The van der Waals surface area contributed by atoms with Gasteiger partial charge in [0, 0.05) is 0 Å². The van der Waals surface area contributed by atoms with E-state index in [1.54, 1.807) is 0 Å².